The summed E-state index contributed by atoms with van der Waals surface area (Å²) in [6, 6.07) is 0. The highest BCUT2D eigenvalue weighted by atomic mass is 16.6. The van der Waals surface area contributed by atoms with E-state index in [9.17, 15) is 14.4 Å². The zero-order valence-corrected chi connectivity index (χ0v) is 11.5. The van der Waals surface area contributed by atoms with Gasteiger partial charge in [-0.2, -0.15) is 0 Å². The number of nitrogens with one attached hydrogen (secondary N) is 1. The van der Waals surface area contributed by atoms with Crippen molar-refractivity contribution in [1.29, 1.82) is 0 Å². The number of methoxy groups -OCH3 is 1. The summed E-state index contributed by atoms with van der Waals surface area (Å²) in [7, 11) is 1.49. The van der Waals surface area contributed by atoms with Crippen LogP contribution in [0.2, 0.25) is 0 Å². The number of nitrogens with two attached hydrogens (primary N) is 1. The molecule has 0 aliphatic heterocycles. The summed E-state index contributed by atoms with van der Waals surface area (Å²) in [6.45, 7) is 1.85. The van der Waals surface area contributed by atoms with Crippen LogP contribution in [-0.4, -0.2) is 41.9 Å². The number of hydrogen-bond acceptors (Lipinski definition) is 6. The number of H-pyrrole nitrogens is 1. The largest absolute Gasteiger partial charge is 0.462 e. The summed E-state index contributed by atoms with van der Waals surface area (Å²) in [5, 5.41) is 0. The second-order valence-corrected chi connectivity index (χ2v) is 4.30. The number of aryl methyl sites for hydroxylation is 2. The third-order valence-corrected chi connectivity index (χ3v) is 2.81. The van der Waals surface area contributed by atoms with Gasteiger partial charge in [0, 0.05) is 25.4 Å². The van der Waals surface area contributed by atoms with E-state index in [0.29, 0.717) is 18.5 Å². The number of aromatic amines is 1. The lowest BCUT2D eigenvalue weighted by molar-refractivity contribution is -0.145. The molecule has 8 nitrogen and oxygen atoms in total. The molecule has 3 N–H and O–H groups in total. The molecule has 0 amide bonds. The fourth-order valence-corrected chi connectivity index (χ4v) is 1.58. The zero-order chi connectivity index (χ0) is 15.1. The van der Waals surface area contributed by atoms with Gasteiger partial charge in [-0.3, -0.25) is 14.6 Å². The van der Waals surface area contributed by atoms with Gasteiger partial charge in [0.2, 0.25) is 0 Å². The minimum absolute atomic E-state index is 0.0730. The Morgan fingerprint density at radius 1 is 1.50 bits per heavy atom. The number of ether oxygens (including phenoxy) is 2. The van der Waals surface area contributed by atoms with Crippen molar-refractivity contribution in [2.24, 2.45) is 5.73 Å². The first kappa shape index (κ1) is 16.1. The minimum Gasteiger partial charge on any atom is -0.462 e. The van der Waals surface area contributed by atoms with Crippen LogP contribution in [-0.2, 0) is 20.8 Å². The van der Waals surface area contributed by atoms with Gasteiger partial charge in [-0.15, -0.1) is 0 Å². The van der Waals surface area contributed by atoms with Crippen LogP contribution in [0, 0.1) is 6.92 Å². The van der Waals surface area contributed by atoms with E-state index in [1.807, 2.05) is 0 Å². The second kappa shape index (κ2) is 7.61. The number of aromatic nitrogens is 2. The lowest BCUT2D eigenvalue weighted by Crippen LogP contribution is -2.32. The van der Waals surface area contributed by atoms with Crippen molar-refractivity contribution >= 4 is 5.97 Å². The van der Waals surface area contributed by atoms with E-state index in [1.165, 1.54) is 17.9 Å². The Morgan fingerprint density at radius 3 is 2.80 bits per heavy atom. The van der Waals surface area contributed by atoms with Crippen molar-refractivity contribution in [1.82, 2.24) is 9.55 Å². The molecule has 0 aliphatic rings. The van der Waals surface area contributed by atoms with Gasteiger partial charge < -0.3 is 19.8 Å². The maximum absolute atomic E-state index is 11.6. The minimum atomic E-state index is -0.510. The number of nitrogens with zero attached hydrogens (tertiary/aromatic N) is 1. The number of rotatable bonds is 7. The molecule has 1 aromatic heterocycles. The first-order valence-corrected chi connectivity index (χ1v) is 6.16. The molecule has 0 radical (unpaired) electrons. The van der Waals surface area contributed by atoms with Crippen molar-refractivity contribution in [3.8, 4) is 0 Å². The molecule has 1 rings (SSSR count). The fourth-order valence-electron chi connectivity index (χ4n) is 1.58. The normalized spacial score (nSPS) is 12.2. The lowest BCUT2D eigenvalue weighted by atomic mass is 10.2. The number of esters is 1. The first-order chi connectivity index (χ1) is 9.47. The molecule has 0 saturated heterocycles. The fraction of sp³-hybridized carbons (Fsp3) is 0.583. The molecule has 0 aliphatic carbocycles. The molecule has 0 fully saturated rings. The van der Waals surface area contributed by atoms with Crippen LogP contribution in [0.15, 0.2) is 15.8 Å². The maximum atomic E-state index is 11.6. The molecule has 1 heterocycles. The van der Waals surface area contributed by atoms with Crippen LogP contribution in [0.5, 0.6) is 0 Å². The molecule has 20 heavy (non-hydrogen) atoms. The van der Waals surface area contributed by atoms with E-state index in [2.05, 4.69) is 4.98 Å². The van der Waals surface area contributed by atoms with Gasteiger partial charge in [-0.25, -0.2) is 4.79 Å². The Kier molecular flexibility index (Phi) is 6.13. The predicted octanol–water partition coefficient (Wildman–Crippen LogP) is -1.25. The van der Waals surface area contributed by atoms with Crippen LogP contribution >= 0.6 is 0 Å². The van der Waals surface area contributed by atoms with Crippen LogP contribution in [0.3, 0.4) is 0 Å². The Morgan fingerprint density at radius 2 is 2.20 bits per heavy atom. The second-order valence-electron chi connectivity index (χ2n) is 4.30. The van der Waals surface area contributed by atoms with E-state index in [1.54, 1.807) is 6.92 Å². The Labute approximate surface area is 115 Å². The summed E-state index contributed by atoms with van der Waals surface area (Å²) >= 11 is 0. The lowest BCUT2D eigenvalue weighted by Gasteiger charge is -2.16. The third kappa shape index (κ3) is 4.63. The zero-order valence-electron chi connectivity index (χ0n) is 11.5. The highest BCUT2D eigenvalue weighted by molar-refractivity contribution is 5.71. The van der Waals surface area contributed by atoms with E-state index in [-0.39, 0.29) is 19.3 Å². The first-order valence-electron chi connectivity index (χ1n) is 6.16. The Balaban J connectivity index is 2.60. The predicted molar refractivity (Wildman–Crippen MR) is 71.5 cm³/mol. The van der Waals surface area contributed by atoms with Gasteiger partial charge in [-0.05, 0) is 13.3 Å². The monoisotopic (exact) mass is 285 g/mol. The summed E-state index contributed by atoms with van der Waals surface area (Å²) in [6.07, 6.45) is 1.60. The topological polar surface area (TPSA) is 116 Å². The number of carbonyl (C=O) groups is 1. The average Bonchev–Trinajstić information content (AvgIpc) is 2.43. The van der Waals surface area contributed by atoms with Gasteiger partial charge in [0.1, 0.15) is 6.61 Å². The molecule has 8 heteroatoms. The molecular weight excluding hydrogens is 266 g/mol. The molecule has 1 atom stereocenters. The van der Waals surface area contributed by atoms with Gasteiger partial charge >= 0.3 is 11.7 Å². The third-order valence-electron chi connectivity index (χ3n) is 2.81. The molecule has 1 aromatic rings. The quantitative estimate of drug-likeness (QED) is 0.605. The van der Waals surface area contributed by atoms with Crippen molar-refractivity contribution in [2.45, 2.75) is 26.0 Å². The number of hydrogen-bond donors (Lipinski definition) is 2. The molecule has 0 bridgehead atoms. The van der Waals surface area contributed by atoms with Crippen molar-refractivity contribution < 1.29 is 14.3 Å². The van der Waals surface area contributed by atoms with Crippen LogP contribution in [0.1, 0.15) is 12.0 Å². The summed E-state index contributed by atoms with van der Waals surface area (Å²) in [5.41, 5.74) is 4.70. The van der Waals surface area contributed by atoms with E-state index in [4.69, 9.17) is 15.2 Å². The van der Waals surface area contributed by atoms with Crippen LogP contribution in [0.25, 0.3) is 0 Å². The van der Waals surface area contributed by atoms with Gasteiger partial charge in [0.05, 0.1) is 12.6 Å². The molecule has 0 aromatic carbocycles. The summed E-state index contributed by atoms with van der Waals surface area (Å²) in [4.78, 5) is 36.0. The molecule has 112 valence electrons. The van der Waals surface area contributed by atoms with Crippen LogP contribution < -0.4 is 17.0 Å². The standard InChI is InChI=1S/C12H19N3O5/c1-8-6-15(12(18)14-11(8)17)4-3-9(19-2)7-20-10(16)5-13/h6,9H,3-5,7,13H2,1-2H3,(H,14,17,18). The van der Waals surface area contributed by atoms with Crippen molar-refractivity contribution in [2.75, 3.05) is 20.3 Å². The highest BCUT2D eigenvalue weighted by Crippen LogP contribution is 2.00. The summed E-state index contributed by atoms with van der Waals surface area (Å²) in [5.74, 6) is -0.510. The van der Waals surface area contributed by atoms with Crippen molar-refractivity contribution in [3.63, 3.8) is 0 Å². The highest BCUT2D eigenvalue weighted by Gasteiger charge is 2.11. The smallest absolute Gasteiger partial charge is 0.328 e. The molecule has 0 saturated carbocycles. The molecule has 1 unspecified atom stereocenters. The van der Waals surface area contributed by atoms with E-state index < -0.39 is 17.2 Å². The van der Waals surface area contributed by atoms with E-state index in [0.717, 1.165) is 0 Å². The number of carbonyl (C=O) groups excluding carboxylic acids is 1. The van der Waals surface area contributed by atoms with E-state index >= 15 is 0 Å². The maximum Gasteiger partial charge on any atom is 0.328 e. The Bertz CT molecular complexity index is 563. The average molecular weight is 285 g/mol. The van der Waals surface area contributed by atoms with Gasteiger partial charge in [0.15, 0.2) is 0 Å². The summed E-state index contributed by atoms with van der Waals surface area (Å²) < 4.78 is 11.4. The molecular formula is C12H19N3O5. The molecule has 0 spiro atoms. The van der Waals surface area contributed by atoms with Gasteiger partial charge in [0.25, 0.3) is 5.56 Å². The van der Waals surface area contributed by atoms with Crippen molar-refractivity contribution in [3.05, 3.63) is 32.6 Å². The SMILES string of the molecule is COC(CCn1cc(C)c(=O)[nH]c1=O)COC(=O)CN. The van der Waals surface area contributed by atoms with Crippen LogP contribution in [0.4, 0.5) is 0 Å². The van der Waals surface area contributed by atoms with Gasteiger partial charge in [-0.1, -0.05) is 0 Å². The Hall–Kier alpha value is -1.93.